The highest BCUT2D eigenvalue weighted by atomic mass is 19.1. The van der Waals surface area contributed by atoms with Gasteiger partial charge in [-0.25, -0.2) is 4.39 Å². The summed E-state index contributed by atoms with van der Waals surface area (Å²) in [6, 6.07) is 0. The quantitative estimate of drug-likeness (QED) is 0.663. The van der Waals surface area contributed by atoms with Gasteiger partial charge in [-0.15, -0.1) is 0 Å². The number of ether oxygens (including phenoxy) is 1. The van der Waals surface area contributed by atoms with Crippen LogP contribution in [-0.2, 0) is 19.1 Å². The minimum atomic E-state index is -2.01. The maximum Gasteiger partial charge on any atom is 0.303 e. The van der Waals surface area contributed by atoms with E-state index >= 15 is 4.39 Å². The third kappa shape index (κ3) is 2.72. The van der Waals surface area contributed by atoms with Gasteiger partial charge in [-0.3, -0.25) is 14.4 Å². The number of rotatable bonds is 3. The maximum absolute atomic E-state index is 17.0. The number of ketones is 2. The number of esters is 1. The molecule has 0 aliphatic heterocycles. The highest BCUT2D eigenvalue weighted by Crippen LogP contribution is 2.69. The number of aliphatic hydroxyl groups is 2. The molecule has 0 amide bonds. The molecule has 0 bridgehead atoms. The average Bonchev–Trinajstić information content (AvgIpc) is 2.94. The predicted molar refractivity (Wildman–Crippen MR) is 110 cm³/mol. The van der Waals surface area contributed by atoms with Gasteiger partial charge in [-0.2, -0.15) is 0 Å². The summed E-state index contributed by atoms with van der Waals surface area (Å²) in [7, 11) is 0. The number of fused-ring (bicyclic) bond motifs is 5. The summed E-state index contributed by atoms with van der Waals surface area (Å²) < 4.78 is 22.0. The van der Waals surface area contributed by atoms with Gasteiger partial charge in [0, 0.05) is 23.7 Å². The second-order valence-corrected chi connectivity index (χ2v) is 10.3. The van der Waals surface area contributed by atoms with Gasteiger partial charge >= 0.3 is 5.97 Å². The van der Waals surface area contributed by atoms with Crippen molar-refractivity contribution in [3.05, 3.63) is 23.8 Å². The number of carbonyl (C=O) groups is 3. The van der Waals surface area contributed by atoms with Crippen molar-refractivity contribution in [2.75, 3.05) is 0 Å². The van der Waals surface area contributed by atoms with Crippen LogP contribution in [0, 0.1) is 22.7 Å². The Balaban J connectivity index is 1.73. The molecule has 0 heterocycles. The lowest BCUT2D eigenvalue weighted by atomic mass is 9.44. The lowest BCUT2D eigenvalue weighted by Crippen LogP contribution is -2.69. The third-order valence-corrected chi connectivity index (χ3v) is 8.91. The summed E-state index contributed by atoms with van der Waals surface area (Å²) in [4.78, 5) is 36.4. The first-order valence-electron chi connectivity index (χ1n) is 11.1. The van der Waals surface area contributed by atoms with Crippen molar-refractivity contribution in [2.45, 2.75) is 83.3 Å². The molecule has 3 fully saturated rings. The number of alkyl halides is 1. The van der Waals surface area contributed by atoms with Crippen LogP contribution >= 0.6 is 0 Å². The molecular weight excluding hydrogens is 403 g/mol. The molecule has 0 aromatic heterocycles. The number of allylic oxidation sites excluding steroid dienone is 4. The minimum Gasteiger partial charge on any atom is -0.455 e. The van der Waals surface area contributed by atoms with Crippen LogP contribution in [0.2, 0.25) is 0 Å². The van der Waals surface area contributed by atoms with Crippen molar-refractivity contribution in [3.63, 3.8) is 0 Å². The summed E-state index contributed by atoms with van der Waals surface area (Å²) in [6.45, 7) is 6.11. The van der Waals surface area contributed by atoms with Gasteiger partial charge in [0.1, 0.15) is 5.60 Å². The molecule has 4 aliphatic carbocycles. The molecule has 6 nitrogen and oxygen atoms in total. The smallest absolute Gasteiger partial charge is 0.303 e. The van der Waals surface area contributed by atoms with E-state index in [4.69, 9.17) is 4.74 Å². The number of halogens is 1. The second-order valence-electron chi connectivity index (χ2n) is 10.3. The third-order valence-electron chi connectivity index (χ3n) is 8.91. The monoisotopic (exact) mass is 434 g/mol. The normalized spacial score (nSPS) is 47.0. The standard InChI is InChI=1S/C24H31FO6/c1-13(31-14(2)26)20(29)23(30)10-8-17-18-6-5-15-11-16(27)7-9-21(15,3)24(18,25)19(28)12-22(17,23)4/h7,9,11,13,17-19,28,30H,5-6,8,10,12H2,1-4H3/t13?,17?,18?,19?,21-,22-,23-,24-/m0/s1. The fraction of sp³-hybridized carbons (Fsp3) is 0.708. The maximum atomic E-state index is 17.0. The molecule has 170 valence electrons. The first-order valence-corrected chi connectivity index (χ1v) is 11.1. The minimum absolute atomic E-state index is 0.0929. The van der Waals surface area contributed by atoms with Crippen LogP contribution in [-0.4, -0.2) is 51.2 Å². The highest BCUT2D eigenvalue weighted by molar-refractivity contribution is 6.01. The molecule has 8 atom stereocenters. The molecule has 4 rings (SSSR count). The summed E-state index contributed by atoms with van der Waals surface area (Å²) in [5.41, 5.74) is -5.29. The van der Waals surface area contributed by atoms with Crippen LogP contribution in [0.25, 0.3) is 0 Å². The van der Waals surface area contributed by atoms with E-state index in [0.717, 1.165) is 0 Å². The van der Waals surface area contributed by atoms with Gasteiger partial charge < -0.3 is 14.9 Å². The largest absolute Gasteiger partial charge is 0.455 e. The van der Waals surface area contributed by atoms with Crippen LogP contribution in [0.5, 0.6) is 0 Å². The number of aliphatic hydroxyl groups excluding tert-OH is 1. The SMILES string of the molecule is CC(=O)OC(C)C(=O)[C@@]1(O)CCC2C3CCC4=CC(=O)C=C[C@]4(C)[C@@]3(F)C(O)C[C@@]21C. The molecule has 2 N–H and O–H groups in total. The molecule has 4 aliphatic rings. The Bertz CT molecular complexity index is 910. The zero-order valence-corrected chi connectivity index (χ0v) is 18.5. The van der Waals surface area contributed by atoms with Crippen LogP contribution < -0.4 is 0 Å². The van der Waals surface area contributed by atoms with E-state index in [-0.39, 0.29) is 24.5 Å². The van der Waals surface area contributed by atoms with E-state index in [9.17, 15) is 24.6 Å². The Morgan fingerprint density at radius 1 is 1.26 bits per heavy atom. The molecule has 0 saturated heterocycles. The molecule has 31 heavy (non-hydrogen) atoms. The van der Waals surface area contributed by atoms with Crippen LogP contribution in [0.3, 0.4) is 0 Å². The predicted octanol–water partition coefficient (Wildman–Crippen LogP) is 2.61. The lowest BCUT2D eigenvalue weighted by molar-refractivity contribution is -0.219. The first kappa shape index (κ1) is 22.3. The molecule has 7 heteroatoms. The summed E-state index contributed by atoms with van der Waals surface area (Å²) >= 11 is 0. The fourth-order valence-corrected chi connectivity index (χ4v) is 7.26. The Morgan fingerprint density at radius 3 is 2.58 bits per heavy atom. The molecule has 0 spiro atoms. The van der Waals surface area contributed by atoms with Gasteiger partial charge in [0.15, 0.2) is 17.6 Å². The van der Waals surface area contributed by atoms with Crippen molar-refractivity contribution in [1.29, 1.82) is 0 Å². The number of Topliss-reactive ketones (excluding diaryl/α,β-unsaturated/α-hetero) is 1. The topological polar surface area (TPSA) is 101 Å². The summed E-state index contributed by atoms with van der Waals surface area (Å²) in [6.07, 6.45) is 3.31. The van der Waals surface area contributed by atoms with Gasteiger partial charge in [-0.1, -0.05) is 18.6 Å². The van der Waals surface area contributed by atoms with Crippen molar-refractivity contribution in [3.8, 4) is 0 Å². The summed E-state index contributed by atoms with van der Waals surface area (Å²) in [5, 5.41) is 22.8. The molecule has 4 unspecified atom stereocenters. The Morgan fingerprint density at radius 2 is 1.94 bits per heavy atom. The zero-order valence-electron chi connectivity index (χ0n) is 18.5. The fourth-order valence-electron chi connectivity index (χ4n) is 7.26. The summed E-state index contributed by atoms with van der Waals surface area (Å²) in [5.74, 6) is -2.30. The zero-order chi connectivity index (χ0) is 23.0. The van der Waals surface area contributed by atoms with E-state index in [1.54, 1.807) is 19.9 Å². The van der Waals surface area contributed by atoms with Gasteiger partial charge in [0.05, 0.1) is 6.10 Å². The molecule has 0 aromatic carbocycles. The second kappa shape index (κ2) is 6.82. The molecule has 3 saturated carbocycles. The van der Waals surface area contributed by atoms with E-state index < -0.39 is 52.0 Å². The van der Waals surface area contributed by atoms with Crippen LogP contribution in [0.1, 0.15) is 59.8 Å². The molecular formula is C24H31FO6. The van der Waals surface area contributed by atoms with Crippen molar-refractivity contribution in [1.82, 2.24) is 0 Å². The van der Waals surface area contributed by atoms with Crippen molar-refractivity contribution >= 4 is 17.5 Å². The van der Waals surface area contributed by atoms with E-state index in [2.05, 4.69) is 0 Å². The van der Waals surface area contributed by atoms with Crippen molar-refractivity contribution in [2.24, 2.45) is 22.7 Å². The first-order chi connectivity index (χ1) is 14.3. The molecule has 0 aromatic rings. The highest BCUT2D eigenvalue weighted by Gasteiger charge is 2.74. The number of carbonyl (C=O) groups excluding carboxylic acids is 3. The Kier molecular flexibility index (Phi) is 4.91. The molecule has 0 radical (unpaired) electrons. The van der Waals surface area contributed by atoms with Gasteiger partial charge in [0.2, 0.25) is 5.78 Å². The van der Waals surface area contributed by atoms with Gasteiger partial charge in [-0.05, 0) is 64.0 Å². The average molecular weight is 435 g/mol. The van der Waals surface area contributed by atoms with E-state index in [0.29, 0.717) is 24.8 Å². The lowest BCUT2D eigenvalue weighted by Gasteiger charge is -2.62. The van der Waals surface area contributed by atoms with Crippen LogP contribution in [0.4, 0.5) is 4.39 Å². The van der Waals surface area contributed by atoms with E-state index in [1.807, 2.05) is 0 Å². The van der Waals surface area contributed by atoms with E-state index in [1.165, 1.54) is 26.0 Å². The Labute approximate surface area is 181 Å². The Hall–Kier alpha value is -1.86. The number of hydrogen-bond donors (Lipinski definition) is 2. The van der Waals surface area contributed by atoms with Crippen molar-refractivity contribution < 1.29 is 33.7 Å². The van der Waals surface area contributed by atoms with Crippen LogP contribution in [0.15, 0.2) is 23.8 Å². The number of hydrogen-bond acceptors (Lipinski definition) is 6. The van der Waals surface area contributed by atoms with Gasteiger partial charge in [0.25, 0.3) is 0 Å².